The highest BCUT2D eigenvalue weighted by atomic mass is 79.9. The minimum absolute atomic E-state index is 0.0507. The van der Waals surface area contributed by atoms with E-state index in [0.29, 0.717) is 12.1 Å². The highest BCUT2D eigenvalue weighted by Gasteiger charge is 2.62. The average molecular weight is 433 g/mol. The number of alkyl halides is 7. The summed E-state index contributed by atoms with van der Waals surface area (Å²) in [4.78, 5) is 0. The van der Waals surface area contributed by atoms with Crippen molar-refractivity contribution < 1.29 is 30.7 Å². The smallest absolute Gasteiger partial charge is 0.397 e. The largest absolute Gasteiger partial charge is 0.427 e. The number of halogens is 9. The molecule has 20 heavy (non-hydrogen) atoms. The molecule has 2 N–H and O–H groups in total. The van der Waals surface area contributed by atoms with Gasteiger partial charge in [-0.1, -0.05) is 0 Å². The minimum Gasteiger partial charge on any atom is -0.397 e. The number of nitrogens with two attached hydrogens (primary N) is 1. The Morgan fingerprint density at radius 1 is 0.900 bits per heavy atom. The molecule has 1 nitrogen and oxygen atoms in total. The van der Waals surface area contributed by atoms with Crippen LogP contribution in [0, 0.1) is 0 Å². The van der Waals surface area contributed by atoms with Gasteiger partial charge in [-0.3, -0.25) is 0 Å². The molecule has 10 heteroatoms. The van der Waals surface area contributed by atoms with Crippen LogP contribution in [0.3, 0.4) is 0 Å². The van der Waals surface area contributed by atoms with Crippen molar-refractivity contribution in [2.75, 3.05) is 5.73 Å². The Kier molecular flexibility index (Phi) is 4.70. The maximum absolute atomic E-state index is 14.1. The lowest BCUT2D eigenvalue weighted by Gasteiger charge is -2.29. The maximum atomic E-state index is 14.1. The van der Waals surface area contributed by atoms with Gasteiger partial charge in [0, 0.05) is 14.5 Å². The van der Waals surface area contributed by atoms with Crippen molar-refractivity contribution in [2.24, 2.45) is 0 Å². The summed E-state index contributed by atoms with van der Waals surface area (Å²) >= 11 is 5.53. The number of hydrogen-bond acceptors (Lipinski definition) is 1. The molecule has 0 bridgehead atoms. The van der Waals surface area contributed by atoms with Crippen molar-refractivity contribution in [3.63, 3.8) is 0 Å². The molecular weight excluding hydrogens is 427 g/mol. The molecule has 0 saturated heterocycles. The lowest BCUT2D eigenvalue weighted by atomic mass is 9.91. The monoisotopic (exact) mass is 431 g/mol. The van der Waals surface area contributed by atoms with Crippen molar-refractivity contribution in [3.05, 3.63) is 26.6 Å². The van der Waals surface area contributed by atoms with Gasteiger partial charge >= 0.3 is 12.4 Å². The zero-order chi connectivity index (χ0) is 15.9. The molecule has 1 aromatic carbocycles. The zero-order valence-corrected chi connectivity index (χ0v) is 12.5. The van der Waals surface area contributed by atoms with Crippen LogP contribution in [0.15, 0.2) is 21.1 Å². The predicted molar refractivity (Wildman–Crippen MR) is 65.8 cm³/mol. The van der Waals surface area contributed by atoms with Crippen LogP contribution in [0.25, 0.3) is 0 Å². The quantitative estimate of drug-likeness (QED) is 0.486. The van der Waals surface area contributed by atoms with E-state index in [0.717, 1.165) is 0 Å². The fraction of sp³-hybridized carbons (Fsp3) is 0.400. The second-order valence-electron chi connectivity index (χ2n) is 3.94. The van der Waals surface area contributed by atoms with E-state index >= 15 is 0 Å². The molecule has 0 fully saturated rings. The molecule has 0 saturated carbocycles. The van der Waals surface area contributed by atoms with Gasteiger partial charge in [0.1, 0.15) is 0 Å². The molecule has 1 unspecified atom stereocenters. The molecule has 1 atom stereocenters. The Bertz CT molecular complexity index is 488. The zero-order valence-electron chi connectivity index (χ0n) is 9.34. The first kappa shape index (κ1) is 17.5. The molecule has 0 amide bonds. The standard InChI is InChI=1S/C10H6Br2F7N/c11-5-1-4(2-6(12)7(5)20)8(13,10(17,18)19)3-9(14,15)16/h1-2H,3,20H2. The number of benzene rings is 1. The molecule has 0 aliphatic rings. The summed E-state index contributed by atoms with van der Waals surface area (Å²) in [5.41, 5.74) is -0.377. The molecule has 1 rings (SSSR count). The van der Waals surface area contributed by atoms with Crippen LogP contribution in [0.4, 0.5) is 36.4 Å². The first-order valence-electron chi connectivity index (χ1n) is 4.85. The average Bonchev–Trinajstić information content (AvgIpc) is 2.21. The van der Waals surface area contributed by atoms with E-state index in [1.165, 1.54) is 0 Å². The van der Waals surface area contributed by atoms with Crippen molar-refractivity contribution >= 4 is 37.5 Å². The second kappa shape index (κ2) is 5.36. The van der Waals surface area contributed by atoms with Crippen molar-refractivity contribution in [2.45, 2.75) is 24.4 Å². The lowest BCUT2D eigenvalue weighted by molar-refractivity contribution is -0.273. The number of hydrogen-bond donors (Lipinski definition) is 1. The third-order valence-corrected chi connectivity index (χ3v) is 3.74. The molecule has 0 aromatic heterocycles. The number of rotatable bonds is 2. The van der Waals surface area contributed by atoms with Crippen LogP contribution >= 0.6 is 31.9 Å². The first-order valence-corrected chi connectivity index (χ1v) is 6.44. The third kappa shape index (κ3) is 3.57. The van der Waals surface area contributed by atoms with E-state index in [9.17, 15) is 30.7 Å². The summed E-state index contributed by atoms with van der Waals surface area (Å²) in [5.74, 6) is 0. The van der Waals surface area contributed by atoms with Crippen molar-refractivity contribution in [3.8, 4) is 0 Å². The van der Waals surface area contributed by atoms with E-state index < -0.39 is 30.0 Å². The van der Waals surface area contributed by atoms with Crippen molar-refractivity contribution in [1.82, 2.24) is 0 Å². The highest BCUT2D eigenvalue weighted by molar-refractivity contribution is 9.11. The predicted octanol–water partition coefficient (Wildman–Crippen LogP) is 5.47. The van der Waals surface area contributed by atoms with E-state index in [1.54, 1.807) is 0 Å². The Morgan fingerprint density at radius 3 is 1.60 bits per heavy atom. The summed E-state index contributed by atoms with van der Waals surface area (Å²) in [5, 5.41) is 0. The SMILES string of the molecule is Nc1c(Br)cc(C(F)(CC(F)(F)F)C(F)(F)F)cc1Br. The van der Waals surface area contributed by atoms with Gasteiger partial charge < -0.3 is 5.73 Å². The van der Waals surface area contributed by atoms with Crippen LogP contribution in [0.2, 0.25) is 0 Å². The Hall–Kier alpha value is -0.510. The molecule has 0 radical (unpaired) electrons. The van der Waals surface area contributed by atoms with Crippen molar-refractivity contribution in [1.29, 1.82) is 0 Å². The van der Waals surface area contributed by atoms with E-state index in [1.807, 2.05) is 0 Å². The fourth-order valence-corrected chi connectivity index (χ4v) is 2.64. The van der Waals surface area contributed by atoms with Crippen LogP contribution in [-0.4, -0.2) is 12.4 Å². The molecule has 0 aliphatic heterocycles. The highest BCUT2D eigenvalue weighted by Crippen LogP contribution is 2.50. The van der Waals surface area contributed by atoms with Gasteiger partial charge in [0.15, 0.2) is 0 Å². The molecular formula is C10H6Br2F7N. The Balaban J connectivity index is 3.47. The van der Waals surface area contributed by atoms with Gasteiger partial charge in [-0.05, 0) is 44.0 Å². The van der Waals surface area contributed by atoms with Crippen LogP contribution < -0.4 is 5.73 Å². The number of nitrogen functional groups attached to an aromatic ring is 1. The third-order valence-electron chi connectivity index (χ3n) is 2.43. The lowest BCUT2D eigenvalue weighted by Crippen LogP contribution is -2.42. The summed E-state index contributed by atoms with van der Waals surface area (Å²) in [7, 11) is 0. The van der Waals surface area contributed by atoms with Gasteiger partial charge in [0.25, 0.3) is 0 Å². The fourth-order valence-electron chi connectivity index (χ4n) is 1.46. The molecule has 114 valence electrons. The Labute approximate surface area is 125 Å². The van der Waals surface area contributed by atoms with E-state index in [-0.39, 0.29) is 14.6 Å². The van der Waals surface area contributed by atoms with Crippen LogP contribution in [-0.2, 0) is 5.67 Å². The van der Waals surface area contributed by atoms with Gasteiger partial charge in [-0.2, -0.15) is 26.3 Å². The summed E-state index contributed by atoms with van der Waals surface area (Å²) in [6.07, 6.45) is -13.7. The van der Waals surface area contributed by atoms with Gasteiger partial charge in [-0.25, -0.2) is 4.39 Å². The molecule has 1 aromatic rings. The minimum atomic E-state index is -5.72. The topological polar surface area (TPSA) is 26.0 Å². The molecule has 0 heterocycles. The van der Waals surface area contributed by atoms with E-state index in [4.69, 9.17) is 5.73 Å². The molecule has 0 spiro atoms. The van der Waals surface area contributed by atoms with Crippen LogP contribution in [0.1, 0.15) is 12.0 Å². The second-order valence-corrected chi connectivity index (χ2v) is 5.65. The van der Waals surface area contributed by atoms with Crippen LogP contribution in [0.5, 0.6) is 0 Å². The maximum Gasteiger partial charge on any atom is 0.427 e. The Morgan fingerprint density at radius 2 is 1.30 bits per heavy atom. The van der Waals surface area contributed by atoms with Gasteiger partial charge in [0.2, 0.25) is 5.67 Å². The normalized spacial score (nSPS) is 16.1. The summed E-state index contributed by atoms with van der Waals surface area (Å²) < 4.78 is 88.8. The van der Waals surface area contributed by atoms with Gasteiger partial charge in [-0.15, -0.1) is 0 Å². The van der Waals surface area contributed by atoms with Gasteiger partial charge in [0.05, 0.1) is 12.1 Å². The first-order chi connectivity index (χ1) is 8.78. The summed E-state index contributed by atoms with van der Waals surface area (Å²) in [6.45, 7) is 0. The summed E-state index contributed by atoms with van der Waals surface area (Å²) in [6, 6.07) is 1.17. The van der Waals surface area contributed by atoms with E-state index in [2.05, 4.69) is 31.9 Å². The number of anilines is 1. The molecule has 0 aliphatic carbocycles.